The van der Waals surface area contributed by atoms with Crippen LogP contribution in [-0.2, 0) is 9.47 Å². The molecular weight excluding hydrogens is 589 g/mol. The number of halogens is 1. The highest BCUT2D eigenvalue weighted by Gasteiger charge is 2.26. The van der Waals surface area contributed by atoms with Gasteiger partial charge in [-0.1, -0.05) is 29.6 Å². The number of fused-ring (bicyclic) bond motifs is 2. The number of anilines is 1. The van der Waals surface area contributed by atoms with Crippen molar-refractivity contribution >= 4 is 29.2 Å². The third kappa shape index (κ3) is 9.76. The molecule has 0 fully saturated rings. The number of methoxy groups -OCH3 is 1. The van der Waals surface area contributed by atoms with Crippen LogP contribution in [-0.4, -0.2) is 76.8 Å². The van der Waals surface area contributed by atoms with Crippen LogP contribution in [0.2, 0.25) is 0 Å². The maximum atomic E-state index is 13.5. The van der Waals surface area contributed by atoms with E-state index in [9.17, 15) is 9.50 Å². The van der Waals surface area contributed by atoms with E-state index >= 15 is 0 Å². The predicted octanol–water partition coefficient (Wildman–Crippen LogP) is 6.70. The minimum atomic E-state index is -0.441. The zero-order chi connectivity index (χ0) is 30.4. The summed E-state index contributed by atoms with van der Waals surface area (Å²) in [4.78, 5) is 5.45. The van der Waals surface area contributed by atoms with Crippen LogP contribution in [0.25, 0.3) is 0 Å². The van der Waals surface area contributed by atoms with Gasteiger partial charge in [-0.2, -0.15) is 0 Å². The number of hydrogen-bond acceptors (Lipinski definition) is 9. The van der Waals surface area contributed by atoms with Crippen LogP contribution >= 0.6 is 23.5 Å². The number of aliphatic hydroxyl groups excluding tert-OH is 2. The average molecular weight is 632 g/mol. The molecule has 4 rings (SSSR count). The molecule has 2 aliphatic rings. The van der Waals surface area contributed by atoms with Gasteiger partial charge in [0.05, 0.1) is 57.4 Å². The SMILES string of the molecule is COc1ccc2c(c1)N(CCF)C(=CC(C)=CC1=CCC(CCCO)c3cc(OCCOCCOCCO)ccc3S1)S2. The number of hydrogen-bond donors (Lipinski definition) is 2. The highest BCUT2D eigenvalue weighted by molar-refractivity contribution is 8.03. The lowest BCUT2D eigenvalue weighted by molar-refractivity contribution is 0.0247. The van der Waals surface area contributed by atoms with E-state index in [1.165, 1.54) is 10.5 Å². The second-order valence-corrected chi connectivity index (χ2v) is 12.3. The molecule has 0 saturated heterocycles. The first kappa shape index (κ1) is 33.4. The zero-order valence-electron chi connectivity index (χ0n) is 24.9. The van der Waals surface area contributed by atoms with E-state index in [2.05, 4.69) is 37.3 Å². The van der Waals surface area contributed by atoms with Crippen LogP contribution in [0.4, 0.5) is 10.1 Å². The van der Waals surface area contributed by atoms with E-state index in [0.29, 0.717) is 39.6 Å². The van der Waals surface area contributed by atoms with Crippen molar-refractivity contribution in [2.45, 2.75) is 41.9 Å². The minimum absolute atomic E-state index is 0.00893. The Morgan fingerprint density at radius 2 is 1.74 bits per heavy atom. The summed E-state index contributed by atoms with van der Waals surface area (Å²) in [7, 11) is 1.64. The predicted molar refractivity (Wildman–Crippen MR) is 172 cm³/mol. The van der Waals surface area contributed by atoms with Crippen LogP contribution < -0.4 is 14.4 Å². The van der Waals surface area contributed by atoms with E-state index in [1.54, 1.807) is 30.6 Å². The monoisotopic (exact) mass is 631 g/mol. The summed E-state index contributed by atoms with van der Waals surface area (Å²) < 4.78 is 35.7. The lowest BCUT2D eigenvalue weighted by Gasteiger charge is -2.19. The molecule has 0 bridgehead atoms. The van der Waals surface area contributed by atoms with E-state index < -0.39 is 6.67 Å². The van der Waals surface area contributed by atoms with E-state index in [-0.39, 0.29) is 19.1 Å². The molecule has 2 aliphatic heterocycles. The molecule has 0 aromatic heterocycles. The maximum absolute atomic E-state index is 13.5. The van der Waals surface area contributed by atoms with Gasteiger partial charge in [0.15, 0.2) is 0 Å². The van der Waals surface area contributed by atoms with Crippen LogP contribution in [0.1, 0.15) is 37.7 Å². The number of benzene rings is 2. The third-order valence-electron chi connectivity index (χ3n) is 7.03. The number of ether oxygens (including phenoxy) is 4. The van der Waals surface area contributed by atoms with Crippen LogP contribution in [0, 0.1) is 0 Å². The highest BCUT2D eigenvalue weighted by atomic mass is 32.2. The number of nitrogens with zero attached hydrogens (tertiary/aromatic N) is 1. The molecular formula is C33H42FNO6S2. The van der Waals surface area contributed by atoms with Gasteiger partial charge in [-0.3, -0.25) is 0 Å². The van der Waals surface area contributed by atoms with Gasteiger partial charge >= 0.3 is 0 Å². The van der Waals surface area contributed by atoms with E-state index in [1.807, 2.05) is 29.2 Å². The van der Waals surface area contributed by atoms with Gasteiger partial charge in [-0.05, 0) is 85.7 Å². The first-order valence-corrected chi connectivity index (χ1v) is 16.3. The Morgan fingerprint density at radius 3 is 2.51 bits per heavy atom. The number of aliphatic hydroxyl groups is 2. The van der Waals surface area contributed by atoms with Crippen molar-refractivity contribution in [1.29, 1.82) is 0 Å². The van der Waals surface area contributed by atoms with Crippen molar-refractivity contribution in [3.05, 3.63) is 75.7 Å². The summed E-state index contributed by atoms with van der Waals surface area (Å²) in [5, 5.41) is 19.3. The Bertz CT molecular complexity index is 1280. The second kappa shape index (κ2) is 17.7. The first-order valence-electron chi connectivity index (χ1n) is 14.7. The van der Waals surface area contributed by atoms with Gasteiger partial charge in [0, 0.05) is 27.4 Å². The molecule has 0 amide bonds. The van der Waals surface area contributed by atoms with Gasteiger partial charge < -0.3 is 34.1 Å². The van der Waals surface area contributed by atoms with Crippen LogP contribution in [0.3, 0.4) is 0 Å². The van der Waals surface area contributed by atoms with E-state index in [0.717, 1.165) is 56.9 Å². The van der Waals surface area contributed by atoms with Gasteiger partial charge in [0.1, 0.15) is 24.8 Å². The Labute approximate surface area is 262 Å². The fraction of sp³-hybridized carbons (Fsp3) is 0.455. The summed E-state index contributed by atoms with van der Waals surface area (Å²) in [5.74, 6) is 1.84. The fourth-order valence-corrected chi connectivity index (χ4v) is 7.32. The molecule has 2 N–H and O–H groups in total. The average Bonchev–Trinajstić information content (AvgIpc) is 3.24. The summed E-state index contributed by atoms with van der Waals surface area (Å²) in [5.41, 5.74) is 3.29. The molecule has 2 heterocycles. The molecule has 2 aromatic rings. The van der Waals surface area contributed by atoms with Gasteiger partial charge in [-0.25, -0.2) is 4.39 Å². The molecule has 1 atom stereocenters. The molecule has 0 saturated carbocycles. The molecule has 0 spiro atoms. The second-order valence-electron chi connectivity index (χ2n) is 10.2. The molecule has 10 heteroatoms. The van der Waals surface area contributed by atoms with Crippen molar-refractivity contribution in [1.82, 2.24) is 0 Å². The number of alkyl halides is 1. The van der Waals surface area contributed by atoms with Gasteiger partial charge in [-0.15, -0.1) is 0 Å². The largest absolute Gasteiger partial charge is 0.497 e. The van der Waals surface area contributed by atoms with Crippen molar-refractivity contribution in [2.24, 2.45) is 0 Å². The Kier molecular flexibility index (Phi) is 13.8. The van der Waals surface area contributed by atoms with Crippen molar-refractivity contribution in [2.75, 3.05) is 71.5 Å². The highest BCUT2D eigenvalue weighted by Crippen LogP contribution is 2.48. The Balaban J connectivity index is 1.45. The summed E-state index contributed by atoms with van der Waals surface area (Å²) >= 11 is 3.39. The summed E-state index contributed by atoms with van der Waals surface area (Å²) in [6.07, 6.45) is 9.09. The topological polar surface area (TPSA) is 80.6 Å². The van der Waals surface area contributed by atoms with Crippen molar-refractivity contribution < 1.29 is 33.6 Å². The molecule has 7 nitrogen and oxygen atoms in total. The third-order valence-corrected chi connectivity index (χ3v) is 9.26. The quantitative estimate of drug-likeness (QED) is 0.185. The molecule has 0 radical (unpaired) electrons. The fourth-order valence-electron chi connectivity index (χ4n) is 4.98. The molecule has 1 unspecified atom stereocenters. The Hall–Kier alpha value is -2.47. The lowest BCUT2D eigenvalue weighted by Crippen LogP contribution is -2.20. The van der Waals surface area contributed by atoms with Gasteiger partial charge in [0.25, 0.3) is 0 Å². The molecule has 0 aliphatic carbocycles. The zero-order valence-corrected chi connectivity index (χ0v) is 26.6. The van der Waals surface area contributed by atoms with Crippen molar-refractivity contribution in [3.8, 4) is 11.5 Å². The normalized spacial score (nSPS) is 17.5. The minimum Gasteiger partial charge on any atom is -0.497 e. The number of thioether (sulfide) groups is 2. The maximum Gasteiger partial charge on any atom is 0.121 e. The molecule has 43 heavy (non-hydrogen) atoms. The van der Waals surface area contributed by atoms with Crippen molar-refractivity contribution in [3.63, 3.8) is 0 Å². The molecule has 2 aromatic carbocycles. The first-order chi connectivity index (χ1) is 21.1. The van der Waals surface area contributed by atoms with E-state index in [4.69, 9.17) is 24.1 Å². The standard InChI is InChI=1S/C33H42FNO6S2/c1-24(21-33-35(12-11-34)30-23-26(38-2)6-10-32(30)43-33)20-28-8-5-25(4-3-13-36)29-22-27(7-9-31(29)42-28)41-19-18-40-17-16-39-15-14-37/h6-10,20-23,25,36-37H,3-5,11-19H2,1-2H3. The molecule has 234 valence electrons. The number of rotatable bonds is 17. The lowest BCUT2D eigenvalue weighted by atomic mass is 9.91. The van der Waals surface area contributed by atoms with Crippen LogP contribution in [0.15, 0.2) is 79.9 Å². The smallest absolute Gasteiger partial charge is 0.121 e. The number of allylic oxidation sites excluding steroid dienone is 4. The summed E-state index contributed by atoms with van der Waals surface area (Å²) in [6.45, 7) is 4.21. The van der Waals surface area contributed by atoms with Gasteiger partial charge in [0.2, 0.25) is 0 Å². The Morgan fingerprint density at radius 1 is 0.977 bits per heavy atom. The van der Waals surface area contributed by atoms with Crippen LogP contribution in [0.5, 0.6) is 11.5 Å². The summed E-state index contributed by atoms with van der Waals surface area (Å²) in [6, 6.07) is 12.2.